The van der Waals surface area contributed by atoms with Crippen LogP contribution in [-0.2, 0) is 17.2 Å². The molecule has 0 saturated carbocycles. The van der Waals surface area contributed by atoms with E-state index in [9.17, 15) is 8.42 Å². The van der Waals surface area contributed by atoms with Crippen LogP contribution >= 0.6 is 57.3 Å². The third-order valence-corrected chi connectivity index (χ3v) is 8.79. The minimum Gasteiger partial charge on any atom is -0.335 e. The third-order valence-electron chi connectivity index (χ3n) is 4.80. The molecule has 158 valence electrons. The fourth-order valence-corrected chi connectivity index (χ4v) is 6.80. The van der Waals surface area contributed by atoms with Gasteiger partial charge in [0, 0.05) is 26.1 Å². The average molecular weight is 594 g/mol. The fourth-order valence-electron chi connectivity index (χ4n) is 3.34. The van der Waals surface area contributed by atoms with Crippen molar-refractivity contribution >= 4 is 89.4 Å². The standard InChI is InChI=1S/C20H18ClIN2O3S3/c1-23-15-10-13(21)4-6-17(15)28-19(23)12-20-24(8-2-3-9-30(25,26)27)16-11-14(22)5-7-18(16)29-20/h4-7,10-12H,2-3,8-9H2,1H3/p+1. The van der Waals surface area contributed by atoms with Crippen molar-refractivity contribution < 1.29 is 17.5 Å². The fraction of sp³-hybridized carbons (Fsp3) is 0.250. The summed E-state index contributed by atoms with van der Waals surface area (Å²) in [6.07, 6.45) is 3.26. The van der Waals surface area contributed by atoms with Gasteiger partial charge in [0.15, 0.2) is 0 Å². The Morgan fingerprint density at radius 3 is 2.80 bits per heavy atom. The molecule has 1 aromatic heterocycles. The normalized spacial score (nSPS) is 15.3. The highest BCUT2D eigenvalue weighted by Crippen LogP contribution is 2.47. The summed E-state index contributed by atoms with van der Waals surface area (Å²) in [7, 11) is -1.89. The van der Waals surface area contributed by atoms with Crippen molar-refractivity contribution in [3.63, 3.8) is 0 Å². The molecule has 10 heteroatoms. The van der Waals surface area contributed by atoms with Crippen LogP contribution in [0.4, 0.5) is 5.69 Å². The van der Waals surface area contributed by atoms with Crippen LogP contribution in [-0.4, -0.2) is 25.3 Å². The zero-order valence-corrected chi connectivity index (χ0v) is 21.4. The zero-order chi connectivity index (χ0) is 21.5. The van der Waals surface area contributed by atoms with Gasteiger partial charge >= 0.3 is 0 Å². The van der Waals surface area contributed by atoms with Crippen LogP contribution in [0.1, 0.15) is 17.8 Å². The van der Waals surface area contributed by atoms with Crippen molar-refractivity contribution in [2.75, 3.05) is 17.2 Å². The molecule has 0 saturated heterocycles. The van der Waals surface area contributed by atoms with E-state index in [2.05, 4.69) is 56.3 Å². The van der Waals surface area contributed by atoms with Crippen LogP contribution in [0, 0.1) is 3.57 Å². The van der Waals surface area contributed by atoms with Gasteiger partial charge in [0.05, 0.1) is 22.5 Å². The van der Waals surface area contributed by atoms with Gasteiger partial charge in [-0.05, 0) is 65.8 Å². The molecule has 0 bridgehead atoms. The number of anilines is 1. The number of aromatic nitrogens is 1. The van der Waals surface area contributed by atoms with Gasteiger partial charge in [-0.25, -0.2) is 0 Å². The molecule has 0 spiro atoms. The van der Waals surface area contributed by atoms with Crippen LogP contribution < -0.4 is 9.47 Å². The van der Waals surface area contributed by atoms with Crippen LogP contribution in [0.3, 0.4) is 0 Å². The number of thioether (sulfide) groups is 1. The first-order chi connectivity index (χ1) is 14.2. The van der Waals surface area contributed by atoms with E-state index in [0.29, 0.717) is 24.4 Å². The summed E-state index contributed by atoms with van der Waals surface area (Å²) in [4.78, 5) is 3.42. The SMILES string of the molecule is C[n+]1c(C=C2Sc3ccc(I)cc3N2CCCCS(=O)(=O)O)sc2ccc(Cl)cc21. The molecule has 30 heavy (non-hydrogen) atoms. The predicted octanol–water partition coefficient (Wildman–Crippen LogP) is 5.56. The Morgan fingerprint density at radius 2 is 2.03 bits per heavy atom. The summed E-state index contributed by atoms with van der Waals surface area (Å²) in [5.74, 6) is -0.210. The lowest BCUT2D eigenvalue weighted by atomic mass is 10.2. The Bertz CT molecular complexity index is 1260. The monoisotopic (exact) mass is 593 g/mol. The molecule has 2 heterocycles. The second-order valence-electron chi connectivity index (χ2n) is 6.95. The molecule has 0 amide bonds. The number of nitrogens with zero attached hydrogens (tertiary/aromatic N) is 2. The highest BCUT2D eigenvalue weighted by molar-refractivity contribution is 14.1. The Hall–Kier alpha value is -0.850. The van der Waals surface area contributed by atoms with Crippen molar-refractivity contribution in [3.05, 3.63) is 55.0 Å². The molecule has 0 fully saturated rings. The van der Waals surface area contributed by atoms with E-state index in [4.69, 9.17) is 16.2 Å². The first-order valence-corrected chi connectivity index (χ1v) is 13.9. The summed E-state index contributed by atoms with van der Waals surface area (Å²) in [5, 5.41) is 2.93. The molecular formula is C20H19ClIN2O3S3+. The van der Waals surface area contributed by atoms with E-state index in [1.54, 1.807) is 23.1 Å². The van der Waals surface area contributed by atoms with E-state index < -0.39 is 10.1 Å². The van der Waals surface area contributed by atoms with Gasteiger partial charge < -0.3 is 4.90 Å². The highest BCUT2D eigenvalue weighted by atomic mass is 127. The molecule has 5 nitrogen and oxygen atoms in total. The van der Waals surface area contributed by atoms with Gasteiger partial charge in [0.25, 0.3) is 15.1 Å². The Kier molecular flexibility index (Phi) is 6.67. The zero-order valence-electron chi connectivity index (χ0n) is 16.0. The van der Waals surface area contributed by atoms with Crippen LogP contribution in [0.2, 0.25) is 5.02 Å². The Morgan fingerprint density at radius 1 is 1.23 bits per heavy atom. The molecule has 1 N–H and O–H groups in total. The van der Waals surface area contributed by atoms with Crippen molar-refractivity contribution in [1.29, 1.82) is 0 Å². The number of hydrogen-bond donors (Lipinski definition) is 1. The van der Waals surface area contributed by atoms with Crippen molar-refractivity contribution in [2.24, 2.45) is 7.05 Å². The average Bonchev–Trinajstić information content (AvgIpc) is 3.16. The number of benzene rings is 2. The Labute approximate surface area is 202 Å². The molecule has 3 aromatic rings. The van der Waals surface area contributed by atoms with Crippen molar-refractivity contribution in [1.82, 2.24) is 0 Å². The number of thiazole rings is 1. The molecule has 1 aliphatic heterocycles. The third kappa shape index (κ3) is 4.97. The number of aryl methyl sites for hydroxylation is 1. The lowest BCUT2D eigenvalue weighted by Crippen LogP contribution is -2.29. The molecule has 2 aromatic carbocycles. The summed E-state index contributed by atoms with van der Waals surface area (Å²) < 4.78 is 35.5. The van der Waals surface area contributed by atoms with E-state index in [1.807, 2.05) is 25.2 Å². The first kappa shape index (κ1) is 22.3. The minimum absolute atomic E-state index is 0.210. The minimum atomic E-state index is -3.93. The number of fused-ring (bicyclic) bond motifs is 2. The first-order valence-electron chi connectivity index (χ1n) is 9.21. The second kappa shape index (κ2) is 8.95. The smallest absolute Gasteiger partial charge is 0.265 e. The summed E-state index contributed by atoms with van der Waals surface area (Å²) >= 11 is 11.9. The molecule has 0 atom stereocenters. The summed E-state index contributed by atoms with van der Waals surface area (Å²) in [6, 6.07) is 12.3. The largest absolute Gasteiger partial charge is 0.335 e. The maximum absolute atomic E-state index is 11.0. The van der Waals surface area contributed by atoms with Gasteiger partial charge in [0.1, 0.15) is 11.7 Å². The highest BCUT2D eigenvalue weighted by Gasteiger charge is 2.27. The Balaban J connectivity index is 1.66. The molecular weight excluding hydrogens is 575 g/mol. The quantitative estimate of drug-likeness (QED) is 0.175. The van der Waals surface area contributed by atoms with Gasteiger partial charge in [-0.3, -0.25) is 4.55 Å². The van der Waals surface area contributed by atoms with Gasteiger partial charge in [0.2, 0.25) is 5.52 Å². The van der Waals surface area contributed by atoms with E-state index >= 15 is 0 Å². The van der Waals surface area contributed by atoms with Gasteiger partial charge in [-0.1, -0.05) is 34.7 Å². The lowest BCUT2D eigenvalue weighted by molar-refractivity contribution is -0.642. The summed E-state index contributed by atoms with van der Waals surface area (Å²) in [6.45, 7) is 0.682. The van der Waals surface area contributed by atoms with Gasteiger partial charge in [-0.2, -0.15) is 13.0 Å². The van der Waals surface area contributed by atoms with E-state index in [-0.39, 0.29) is 5.75 Å². The molecule has 4 rings (SSSR count). The van der Waals surface area contributed by atoms with Crippen molar-refractivity contribution in [3.8, 4) is 0 Å². The maximum atomic E-state index is 11.0. The maximum Gasteiger partial charge on any atom is 0.265 e. The number of hydrogen-bond acceptors (Lipinski definition) is 5. The number of halogens is 2. The molecule has 0 radical (unpaired) electrons. The van der Waals surface area contributed by atoms with Crippen molar-refractivity contribution in [2.45, 2.75) is 17.7 Å². The van der Waals surface area contributed by atoms with E-state index in [1.165, 1.54) is 9.60 Å². The molecule has 0 unspecified atom stereocenters. The lowest BCUT2D eigenvalue weighted by Gasteiger charge is -2.20. The number of unbranched alkanes of at least 4 members (excludes halogenated alkanes) is 1. The van der Waals surface area contributed by atoms with Crippen LogP contribution in [0.25, 0.3) is 16.3 Å². The van der Waals surface area contributed by atoms with Crippen LogP contribution in [0.15, 0.2) is 46.3 Å². The second-order valence-corrected chi connectivity index (χ2v) is 12.3. The van der Waals surface area contributed by atoms with Crippen LogP contribution in [0.5, 0.6) is 0 Å². The predicted molar refractivity (Wildman–Crippen MR) is 134 cm³/mol. The molecule has 0 aliphatic carbocycles. The molecule has 1 aliphatic rings. The number of rotatable bonds is 6. The summed E-state index contributed by atoms with van der Waals surface area (Å²) in [5.41, 5.74) is 2.23. The van der Waals surface area contributed by atoms with E-state index in [0.717, 1.165) is 24.8 Å². The van der Waals surface area contributed by atoms with Gasteiger partial charge in [-0.15, -0.1) is 0 Å². The topological polar surface area (TPSA) is 61.5 Å².